The van der Waals surface area contributed by atoms with Crippen LogP contribution in [-0.4, -0.2) is 19.7 Å². The summed E-state index contributed by atoms with van der Waals surface area (Å²) in [5, 5.41) is 3.39. The van der Waals surface area contributed by atoms with E-state index >= 15 is 0 Å². The Morgan fingerprint density at radius 3 is 2.62 bits per heavy atom. The fourth-order valence-corrected chi connectivity index (χ4v) is 2.17. The van der Waals surface area contributed by atoms with Crippen molar-refractivity contribution in [2.75, 3.05) is 13.7 Å². The summed E-state index contributed by atoms with van der Waals surface area (Å²) >= 11 is 0. The molecule has 0 aliphatic rings. The van der Waals surface area contributed by atoms with E-state index in [0.29, 0.717) is 23.7 Å². The second-order valence-corrected chi connectivity index (χ2v) is 5.12. The lowest BCUT2D eigenvalue weighted by Gasteiger charge is -2.11. The van der Waals surface area contributed by atoms with Crippen LogP contribution < -0.4 is 9.47 Å². The molecule has 2 aromatic carbocycles. The monoisotopic (exact) mass is 353 g/mol. The van der Waals surface area contributed by atoms with E-state index < -0.39 is 5.97 Å². The SMILES string of the molecule is CCOC(=O)/C(=C/c1ccc(OCc2ccccc2)c(OC)c1)N=[N+]=[N-]. The van der Waals surface area contributed by atoms with E-state index in [9.17, 15) is 4.79 Å². The molecule has 0 unspecified atom stereocenters. The Kier molecular flexibility index (Phi) is 7.09. The summed E-state index contributed by atoms with van der Waals surface area (Å²) in [6.45, 7) is 2.26. The third-order valence-electron chi connectivity index (χ3n) is 3.37. The normalized spacial score (nSPS) is 10.6. The summed E-state index contributed by atoms with van der Waals surface area (Å²) in [5.74, 6) is 0.377. The first-order chi connectivity index (χ1) is 12.7. The molecule has 0 spiro atoms. The van der Waals surface area contributed by atoms with Gasteiger partial charge in [-0.05, 0) is 41.8 Å². The Labute approximate surface area is 151 Å². The summed E-state index contributed by atoms with van der Waals surface area (Å²) in [6.07, 6.45) is 1.43. The molecule has 0 atom stereocenters. The molecule has 7 nitrogen and oxygen atoms in total. The van der Waals surface area contributed by atoms with Crippen molar-refractivity contribution in [2.24, 2.45) is 5.11 Å². The fourth-order valence-electron chi connectivity index (χ4n) is 2.17. The number of ether oxygens (including phenoxy) is 3. The van der Waals surface area contributed by atoms with E-state index in [1.165, 1.54) is 13.2 Å². The van der Waals surface area contributed by atoms with Crippen molar-refractivity contribution in [3.05, 3.63) is 75.8 Å². The van der Waals surface area contributed by atoms with Gasteiger partial charge in [0.05, 0.1) is 13.7 Å². The van der Waals surface area contributed by atoms with Gasteiger partial charge in [-0.15, -0.1) is 0 Å². The Morgan fingerprint density at radius 2 is 1.96 bits per heavy atom. The van der Waals surface area contributed by atoms with Crippen molar-refractivity contribution in [1.82, 2.24) is 0 Å². The number of rotatable bonds is 8. The zero-order valence-electron chi connectivity index (χ0n) is 14.6. The molecule has 0 saturated carbocycles. The Hall–Kier alpha value is -3.44. The Bertz CT molecular complexity index is 828. The average molecular weight is 353 g/mol. The fraction of sp³-hybridized carbons (Fsp3) is 0.211. The quantitative estimate of drug-likeness (QED) is 0.230. The topological polar surface area (TPSA) is 93.5 Å². The van der Waals surface area contributed by atoms with Gasteiger partial charge >= 0.3 is 5.97 Å². The molecule has 0 bridgehead atoms. The average Bonchev–Trinajstić information content (AvgIpc) is 2.67. The van der Waals surface area contributed by atoms with Crippen LogP contribution in [0.4, 0.5) is 0 Å². The van der Waals surface area contributed by atoms with Gasteiger partial charge in [0.1, 0.15) is 12.3 Å². The van der Waals surface area contributed by atoms with Crippen LogP contribution in [0.5, 0.6) is 11.5 Å². The predicted octanol–water partition coefficient (Wildman–Crippen LogP) is 4.49. The molecule has 26 heavy (non-hydrogen) atoms. The molecule has 2 rings (SSSR count). The van der Waals surface area contributed by atoms with Gasteiger partial charge in [0.2, 0.25) is 0 Å². The standard InChI is InChI=1S/C19H19N3O4/c1-3-25-19(23)16(21-22-20)11-15-9-10-17(18(12-15)24-2)26-13-14-7-5-4-6-8-14/h4-12H,3,13H2,1-2H3/b16-11-. The van der Waals surface area contributed by atoms with Gasteiger partial charge in [0.25, 0.3) is 0 Å². The zero-order valence-corrected chi connectivity index (χ0v) is 14.6. The number of hydrogen-bond acceptors (Lipinski definition) is 5. The second kappa shape index (κ2) is 9.76. The molecule has 0 radical (unpaired) electrons. The second-order valence-electron chi connectivity index (χ2n) is 5.12. The molecule has 0 aliphatic carbocycles. The molecular formula is C19H19N3O4. The maximum Gasteiger partial charge on any atom is 0.340 e. The molecule has 0 heterocycles. The number of methoxy groups -OCH3 is 1. The van der Waals surface area contributed by atoms with Crippen LogP contribution in [0.15, 0.2) is 59.3 Å². The lowest BCUT2D eigenvalue weighted by molar-refractivity contribution is -0.138. The van der Waals surface area contributed by atoms with Crippen LogP contribution in [-0.2, 0) is 16.1 Å². The van der Waals surface area contributed by atoms with E-state index in [4.69, 9.17) is 19.7 Å². The maximum atomic E-state index is 11.8. The summed E-state index contributed by atoms with van der Waals surface area (Å²) in [5.41, 5.74) is 10.1. The highest BCUT2D eigenvalue weighted by atomic mass is 16.5. The van der Waals surface area contributed by atoms with E-state index in [1.807, 2.05) is 30.3 Å². The van der Waals surface area contributed by atoms with Crippen LogP contribution >= 0.6 is 0 Å². The Morgan fingerprint density at radius 1 is 1.19 bits per heavy atom. The van der Waals surface area contributed by atoms with Crippen molar-refractivity contribution in [3.63, 3.8) is 0 Å². The number of carbonyl (C=O) groups excluding carboxylic acids is 1. The van der Waals surface area contributed by atoms with E-state index in [2.05, 4.69) is 10.0 Å². The van der Waals surface area contributed by atoms with Crippen LogP contribution in [0.3, 0.4) is 0 Å². The van der Waals surface area contributed by atoms with Crippen LogP contribution in [0.1, 0.15) is 18.1 Å². The lowest BCUT2D eigenvalue weighted by atomic mass is 10.1. The van der Waals surface area contributed by atoms with Crippen LogP contribution in [0.25, 0.3) is 16.5 Å². The first kappa shape index (κ1) is 18.9. The lowest BCUT2D eigenvalue weighted by Crippen LogP contribution is -2.05. The first-order valence-corrected chi connectivity index (χ1v) is 7.96. The molecule has 2 aromatic rings. The molecule has 0 amide bonds. The highest BCUT2D eigenvalue weighted by Crippen LogP contribution is 2.30. The van der Waals surface area contributed by atoms with Crippen molar-refractivity contribution < 1.29 is 19.0 Å². The molecule has 0 N–H and O–H groups in total. The number of carbonyl (C=O) groups is 1. The third-order valence-corrected chi connectivity index (χ3v) is 3.37. The molecule has 0 saturated heterocycles. The number of hydrogen-bond donors (Lipinski definition) is 0. The highest BCUT2D eigenvalue weighted by molar-refractivity contribution is 5.93. The molecule has 7 heteroatoms. The maximum absolute atomic E-state index is 11.8. The minimum atomic E-state index is -0.686. The number of nitrogens with zero attached hydrogens (tertiary/aromatic N) is 3. The molecular weight excluding hydrogens is 334 g/mol. The number of azide groups is 1. The minimum absolute atomic E-state index is 0.130. The van der Waals surface area contributed by atoms with Gasteiger partial charge in [-0.25, -0.2) is 4.79 Å². The van der Waals surface area contributed by atoms with E-state index in [1.54, 1.807) is 25.1 Å². The number of benzene rings is 2. The van der Waals surface area contributed by atoms with Gasteiger partial charge in [-0.2, -0.15) is 0 Å². The summed E-state index contributed by atoms with van der Waals surface area (Å²) in [6, 6.07) is 14.9. The summed E-state index contributed by atoms with van der Waals surface area (Å²) < 4.78 is 16.0. The van der Waals surface area contributed by atoms with Gasteiger partial charge in [0.15, 0.2) is 11.5 Å². The zero-order chi connectivity index (χ0) is 18.8. The van der Waals surface area contributed by atoms with Gasteiger partial charge < -0.3 is 14.2 Å². The molecule has 134 valence electrons. The molecule has 0 fully saturated rings. The van der Waals surface area contributed by atoms with Crippen molar-refractivity contribution in [1.29, 1.82) is 0 Å². The molecule has 0 aromatic heterocycles. The number of esters is 1. The van der Waals surface area contributed by atoms with Crippen molar-refractivity contribution in [3.8, 4) is 11.5 Å². The Balaban J connectivity index is 2.22. The van der Waals surface area contributed by atoms with Gasteiger partial charge in [-0.3, -0.25) is 0 Å². The minimum Gasteiger partial charge on any atom is -0.493 e. The van der Waals surface area contributed by atoms with Gasteiger partial charge in [-0.1, -0.05) is 41.5 Å². The van der Waals surface area contributed by atoms with Crippen molar-refractivity contribution in [2.45, 2.75) is 13.5 Å². The van der Waals surface area contributed by atoms with Gasteiger partial charge in [0, 0.05) is 4.91 Å². The first-order valence-electron chi connectivity index (χ1n) is 7.96. The largest absolute Gasteiger partial charge is 0.493 e. The van der Waals surface area contributed by atoms with E-state index in [0.717, 1.165) is 5.56 Å². The third kappa shape index (κ3) is 5.29. The van der Waals surface area contributed by atoms with Crippen LogP contribution in [0.2, 0.25) is 0 Å². The summed E-state index contributed by atoms with van der Waals surface area (Å²) in [7, 11) is 1.53. The smallest absolute Gasteiger partial charge is 0.340 e. The predicted molar refractivity (Wildman–Crippen MR) is 97.5 cm³/mol. The van der Waals surface area contributed by atoms with E-state index in [-0.39, 0.29) is 12.3 Å². The highest BCUT2D eigenvalue weighted by Gasteiger charge is 2.10. The van der Waals surface area contributed by atoms with Crippen LogP contribution in [0, 0.1) is 0 Å². The molecule has 0 aliphatic heterocycles. The summed E-state index contributed by atoms with van der Waals surface area (Å²) in [4.78, 5) is 14.5. The van der Waals surface area contributed by atoms with Crippen molar-refractivity contribution >= 4 is 12.0 Å².